The lowest BCUT2D eigenvalue weighted by Crippen LogP contribution is -2.27. The van der Waals surface area contributed by atoms with Crippen molar-refractivity contribution in [2.24, 2.45) is 0 Å². The van der Waals surface area contributed by atoms with Crippen LogP contribution in [0.4, 0.5) is 0 Å². The third-order valence-corrected chi connectivity index (χ3v) is 5.13. The van der Waals surface area contributed by atoms with Gasteiger partial charge in [-0.15, -0.1) is 0 Å². The summed E-state index contributed by atoms with van der Waals surface area (Å²) in [7, 11) is 0. The number of aryl methyl sites for hydroxylation is 2. The Labute approximate surface area is 159 Å². The van der Waals surface area contributed by atoms with Gasteiger partial charge in [0.05, 0.1) is 17.9 Å². The van der Waals surface area contributed by atoms with Crippen LogP contribution in [0.3, 0.4) is 0 Å². The first-order valence-electron chi connectivity index (χ1n) is 9.44. The van der Waals surface area contributed by atoms with Crippen LogP contribution < -0.4 is 5.32 Å². The number of hydrogen-bond donors (Lipinski definition) is 1. The van der Waals surface area contributed by atoms with Crippen molar-refractivity contribution in [2.45, 2.75) is 32.2 Å². The second-order valence-corrected chi connectivity index (χ2v) is 7.02. The quantitative estimate of drug-likeness (QED) is 0.639. The maximum Gasteiger partial charge on any atom is 0.252 e. The Hall–Kier alpha value is -3.07. The van der Waals surface area contributed by atoms with Crippen LogP contribution in [0.15, 0.2) is 71.3 Å². The minimum atomic E-state index is -0.106. The predicted molar refractivity (Wildman–Crippen MR) is 108 cm³/mol. The molecular formula is C24H23NO2. The zero-order valence-electron chi connectivity index (χ0n) is 15.4. The number of fused-ring (bicyclic) bond motifs is 1. The Balaban J connectivity index is 1.58. The van der Waals surface area contributed by atoms with E-state index in [1.54, 1.807) is 12.3 Å². The molecule has 0 radical (unpaired) electrons. The van der Waals surface area contributed by atoms with Crippen LogP contribution in [0, 0.1) is 0 Å². The van der Waals surface area contributed by atoms with Crippen molar-refractivity contribution in [3.8, 4) is 0 Å². The molecule has 27 heavy (non-hydrogen) atoms. The van der Waals surface area contributed by atoms with Crippen molar-refractivity contribution in [1.29, 1.82) is 0 Å². The topological polar surface area (TPSA) is 42.2 Å². The first-order valence-corrected chi connectivity index (χ1v) is 9.44. The van der Waals surface area contributed by atoms with Crippen LogP contribution in [0.5, 0.6) is 0 Å². The van der Waals surface area contributed by atoms with E-state index < -0.39 is 0 Å². The molecule has 1 aromatic heterocycles. The molecule has 4 rings (SSSR count). The van der Waals surface area contributed by atoms with Crippen molar-refractivity contribution >= 4 is 17.6 Å². The maximum absolute atomic E-state index is 13.1. The number of amides is 1. The summed E-state index contributed by atoms with van der Waals surface area (Å²) in [5, 5.41) is 3.15. The number of carbonyl (C=O) groups is 1. The molecule has 1 aliphatic rings. The molecule has 0 fully saturated rings. The second kappa shape index (κ2) is 7.67. The molecule has 0 spiro atoms. The third-order valence-electron chi connectivity index (χ3n) is 5.13. The highest BCUT2D eigenvalue weighted by Gasteiger charge is 2.18. The molecular weight excluding hydrogens is 334 g/mol. The highest BCUT2D eigenvalue weighted by atomic mass is 16.3. The van der Waals surface area contributed by atoms with Gasteiger partial charge in [0.25, 0.3) is 5.91 Å². The summed E-state index contributed by atoms with van der Waals surface area (Å²) in [5.41, 5.74) is 5.48. The van der Waals surface area contributed by atoms with Crippen molar-refractivity contribution in [3.63, 3.8) is 0 Å². The van der Waals surface area contributed by atoms with Crippen molar-refractivity contribution in [1.82, 2.24) is 5.32 Å². The fourth-order valence-corrected chi connectivity index (χ4v) is 3.63. The molecule has 3 nitrogen and oxygen atoms in total. The zero-order valence-corrected chi connectivity index (χ0v) is 15.4. The van der Waals surface area contributed by atoms with Gasteiger partial charge in [-0.3, -0.25) is 4.79 Å². The Morgan fingerprint density at radius 2 is 1.85 bits per heavy atom. The van der Waals surface area contributed by atoms with E-state index in [1.165, 1.54) is 24.0 Å². The van der Waals surface area contributed by atoms with E-state index in [1.807, 2.05) is 49.4 Å². The Morgan fingerprint density at radius 1 is 1.04 bits per heavy atom. The van der Waals surface area contributed by atoms with Gasteiger partial charge in [0, 0.05) is 0 Å². The van der Waals surface area contributed by atoms with Gasteiger partial charge >= 0.3 is 0 Å². The Bertz CT molecular complexity index is 955. The summed E-state index contributed by atoms with van der Waals surface area (Å²) in [6, 6.07) is 19.9. The smallest absolute Gasteiger partial charge is 0.252 e. The van der Waals surface area contributed by atoms with Gasteiger partial charge in [0.2, 0.25) is 0 Å². The van der Waals surface area contributed by atoms with Gasteiger partial charge in [0.15, 0.2) is 0 Å². The normalized spacial score (nSPS) is 14.6. The van der Waals surface area contributed by atoms with Crippen LogP contribution in [0.2, 0.25) is 0 Å². The number of carbonyl (C=O) groups excluding carboxylic acids is 1. The molecule has 0 aliphatic heterocycles. The monoisotopic (exact) mass is 357 g/mol. The molecule has 0 saturated heterocycles. The van der Waals surface area contributed by atoms with Gasteiger partial charge in [-0.05, 0) is 66.6 Å². The van der Waals surface area contributed by atoms with Gasteiger partial charge < -0.3 is 9.73 Å². The lowest BCUT2D eigenvalue weighted by Gasteiger charge is -2.17. The number of hydrogen-bond acceptors (Lipinski definition) is 2. The SMILES string of the molecule is C[C@@H](NC(=O)/C(=C/c1ccco1)c1ccccc1)c1ccc2c(c1)CCC2. The van der Waals surface area contributed by atoms with Gasteiger partial charge in [-0.1, -0.05) is 48.5 Å². The fraction of sp³-hybridized carbons (Fsp3) is 0.208. The molecule has 0 unspecified atom stereocenters. The van der Waals surface area contributed by atoms with E-state index in [2.05, 4.69) is 23.5 Å². The standard InChI is InChI=1S/C24H23NO2/c1-17(20-13-12-18-9-5-10-21(18)15-20)25-24(26)23(16-22-11-6-14-27-22)19-7-3-2-4-8-19/h2-4,6-8,11-17H,5,9-10H2,1H3,(H,25,26)/b23-16+/t17-/m1/s1. The minimum Gasteiger partial charge on any atom is -0.465 e. The maximum atomic E-state index is 13.1. The number of nitrogens with one attached hydrogen (secondary N) is 1. The molecule has 1 heterocycles. The molecule has 0 saturated carbocycles. The van der Waals surface area contributed by atoms with Gasteiger partial charge in [-0.2, -0.15) is 0 Å². The average molecular weight is 357 g/mol. The zero-order chi connectivity index (χ0) is 18.6. The molecule has 1 amide bonds. The van der Waals surface area contributed by atoms with Crippen LogP contribution in [-0.2, 0) is 17.6 Å². The Kier molecular flexibility index (Phi) is 4.93. The van der Waals surface area contributed by atoms with Gasteiger partial charge in [-0.25, -0.2) is 0 Å². The van der Waals surface area contributed by atoms with E-state index in [0.29, 0.717) is 11.3 Å². The predicted octanol–water partition coefficient (Wildman–Crippen LogP) is 5.19. The van der Waals surface area contributed by atoms with Gasteiger partial charge in [0.1, 0.15) is 5.76 Å². The molecule has 1 atom stereocenters. The molecule has 136 valence electrons. The van der Waals surface area contributed by atoms with E-state index >= 15 is 0 Å². The summed E-state index contributed by atoms with van der Waals surface area (Å²) < 4.78 is 5.42. The summed E-state index contributed by atoms with van der Waals surface area (Å²) in [5.74, 6) is 0.555. The molecule has 0 bridgehead atoms. The van der Waals surface area contributed by atoms with Crippen molar-refractivity contribution in [3.05, 3.63) is 94.9 Å². The second-order valence-electron chi connectivity index (χ2n) is 7.02. The van der Waals surface area contributed by atoms with E-state index in [4.69, 9.17) is 4.42 Å². The van der Waals surface area contributed by atoms with Crippen LogP contribution in [0.1, 0.15) is 47.4 Å². The van der Waals surface area contributed by atoms with Crippen molar-refractivity contribution in [2.75, 3.05) is 0 Å². The van der Waals surface area contributed by atoms with Crippen LogP contribution >= 0.6 is 0 Å². The summed E-state index contributed by atoms with van der Waals surface area (Å²) in [4.78, 5) is 13.1. The molecule has 1 aliphatic carbocycles. The number of furan rings is 1. The lowest BCUT2D eigenvalue weighted by atomic mass is 10.0. The molecule has 2 aromatic carbocycles. The minimum absolute atomic E-state index is 0.0629. The lowest BCUT2D eigenvalue weighted by molar-refractivity contribution is -0.116. The Morgan fingerprint density at radius 3 is 2.63 bits per heavy atom. The average Bonchev–Trinajstić information content (AvgIpc) is 3.37. The highest BCUT2D eigenvalue weighted by Crippen LogP contribution is 2.26. The van der Waals surface area contributed by atoms with Crippen molar-refractivity contribution < 1.29 is 9.21 Å². The highest BCUT2D eigenvalue weighted by molar-refractivity contribution is 6.24. The first kappa shape index (κ1) is 17.3. The third kappa shape index (κ3) is 3.87. The number of rotatable bonds is 5. The van der Waals surface area contributed by atoms with E-state index in [-0.39, 0.29) is 11.9 Å². The molecule has 3 heteroatoms. The fourth-order valence-electron chi connectivity index (χ4n) is 3.63. The number of benzene rings is 2. The summed E-state index contributed by atoms with van der Waals surface area (Å²) in [6.07, 6.45) is 6.93. The summed E-state index contributed by atoms with van der Waals surface area (Å²) >= 11 is 0. The molecule has 3 aromatic rings. The van der Waals surface area contributed by atoms with Crippen LogP contribution in [0.25, 0.3) is 11.6 Å². The van der Waals surface area contributed by atoms with E-state index in [9.17, 15) is 4.79 Å². The van der Waals surface area contributed by atoms with E-state index in [0.717, 1.165) is 17.5 Å². The summed E-state index contributed by atoms with van der Waals surface area (Å²) in [6.45, 7) is 2.03. The van der Waals surface area contributed by atoms with Crippen LogP contribution in [-0.4, -0.2) is 5.91 Å². The first-order chi connectivity index (χ1) is 13.2. The molecule has 1 N–H and O–H groups in total. The largest absolute Gasteiger partial charge is 0.465 e.